The van der Waals surface area contributed by atoms with Crippen LogP contribution in [0.15, 0.2) is 0 Å². The van der Waals surface area contributed by atoms with Gasteiger partial charge >= 0.3 is 98.8 Å². The molecular formula is C18H42Eu2O6. The summed E-state index contributed by atoms with van der Waals surface area (Å²) in [7, 11) is 0. The van der Waals surface area contributed by atoms with Gasteiger partial charge in [-0.1, -0.05) is 83.1 Å². The SMILES string of the molecule is CC(C)[O-].CC(C)[O-].CC(C)[O-].CC(C)[O-].CC(C)[O-].CC(C)[O-].[Eu+3].[Eu+3]. The molecule has 6 nitrogen and oxygen atoms in total. The van der Waals surface area contributed by atoms with Crippen LogP contribution in [0.5, 0.6) is 0 Å². The Labute approximate surface area is 245 Å². The van der Waals surface area contributed by atoms with Crippen molar-refractivity contribution in [1.29, 1.82) is 0 Å². The van der Waals surface area contributed by atoms with E-state index in [0.29, 0.717) is 0 Å². The molecule has 0 heterocycles. The van der Waals surface area contributed by atoms with Gasteiger partial charge in [0.15, 0.2) is 0 Å². The van der Waals surface area contributed by atoms with Crippen LogP contribution in [0, 0.1) is 98.8 Å². The van der Waals surface area contributed by atoms with Gasteiger partial charge < -0.3 is 30.6 Å². The predicted octanol–water partition coefficient (Wildman–Crippen LogP) is -1.47. The maximum Gasteiger partial charge on any atom is 3.00 e. The monoisotopic (exact) mass is 660 g/mol. The molecule has 26 heavy (non-hydrogen) atoms. The first-order chi connectivity index (χ1) is 10.4. The van der Waals surface area contributed by atoms with E-state index in [0.717, 1.165) is 0 Å². The zero-order valence-electron chi connectivity index (χ0n) is 18.7. The van der Waals surface area contributed by atoms with Gasteiger partial charge in [-0.15, -0.1) is 36.6 Å². The topological polar surface area (TPSA) is 138 Å². The molecule has 0 saturated carbocycles. The van der Waals surface area contributed by atoms with E-state index in [1.807, 2.05) is 0 Å². The van der Waals surface area contributed by atoms with Gasteiger partial charge in [-0.05, 0) is 0 Å². The van der Waals surface area contributed by atoms with Gasteiger partial charge in [-0.3, -0.25) is 0 Å². The molecule has 0 N–H and O–H groups in total. The third-order valence-electron chi connectivity index (χ3n) is 0. The Morgan fingerprint density at radius 2 is 0.269 bits per heavy atom. The minimum atomic E-state index is -0.417. The van der Waals surface area contributed by atoms with Crippen molar-refractivity contribution in [2.24, 2.45) is 0 Å². The summed E-state index contributed by atoms with van der Waals surface area (Å²) in [4.78, 5) is 0. The molecule has 0 unspecified atom stereocenters. The molecule has 0 fully saturated rings. The summed E-state index contributed by atoms with van der Waals surface area (Å²) in [5, 5.41) is 57.2. The van der Waals surface area contributed by atoms with Gasteiger partial charge in [0.25, 0.3) is 0 Å². The van der Waals surface area contributed by atoms with Gasteiger partial charge in [0.05, 0.1) is 0 Å². The largest absolute Gasteiger partial charge is 3.00 e. The molecule has 0 aromatic heterocycles. The average molecular weight is 658 g/mol. The van der Waals surface area contributed by atoms with Gasteiger partial charge in [0.1, 0.15) is 0 Å². The summed E-state index contributed by atoms with van der Waals surface area (Å²) in [5.74, 6) is 0. The van der Waals surface area contributed by atoms with Crippen LogP contribution >= 0.6 is 0 Å². The van der Waals surface area contributed by atoms with Crippen molar-refractivity contribution in [3.8, 4) is 0 Å². The Morgan fingerprint density at radius 3 is 0.269 bits per heavy atom. The molecule has 8 heteroatoms. The van der Waals surface area contributed by atoms with Crippen LogP contribution < -0.4 is 30.6 Å². The van der Waals surface area contributed by atoms with E-state index in [1.54, 1.807) is 83.1 Å². The molecule has 0 atom stereocenters. The van der Waals surface area contributed by atoms with Gasteiger partial charge in [0.2, 0.25) is 0 Å². The van der Waals surface area contributed by atoms with Crippen molar-refractivity contribution >= 4 is 0 Å². The Morgan fingerprint density at radius 1 is 0.269 bits per heavy atom. The van der Waals surface area contributed by atoms with Crippen molar-refractivity contribution < 1.29 is 129 Å². The summed E-state index contributed by atoms with van der Waals surface area (Å²) >= 11 is 0. The minimum absolute atomic E-state index is 0. The summed E-state index contributed by atoms with van der Waals surface area (Å²) in [5.41, 5.74) is 0. The fourth-order valence-corrected chi connectivity index (χ4v) is 0. The summed E-state index contributed by atoms with van der Waals surface area (Å²) < 4.78 is 0. The number of hydrogen-bond acceptors (Lipinski definition) is 6. The smallest absolute Gasteiger partial charge is 0.852 e. The second-order valence-electron chi connectivity index (χ2n) is 6.29. The summed E-state index contributed by atoms with van der Waals surface area (Å²) in [6.07, 6.45) is -2.50. The van der Waals surface area contributed by atoms with Crippen LogP contribution in [0.25, 0.3) is 0 Å². The molecule has 0 radical (unpaired) electrons. The van der Waals surface area contributed by atoms with Crippen LogP contribution in [0.3, 0.4) is 0 Å². The molecule has 0 amide bonds. The average Bonchev–Trinajstić information content (AvgIpc) is 2.08. The van der Waals surface area contributed by atoms with E-state index in [2.05, 4.69) is 0 Å². The van der Waals surface area contributed by atoms with Crippen LogP contribution in [0.4, 0.5) is 0 Å². The zero-order valence-corrected chi connectivity index (χ0v) is 23.5. The van der Waals surface area contributed by atoms with E-state index in [-0.39, 0.29) is 98.8 Å². The van der Waals surface area contributed by atoms with E-state index in [9.17, 15) is 30.6 Å². The summed E-state index contributed by atoms with van der Waals surface area (Å²) in [6, 6.07) is 0. The van der Waals surface area contributed by atoms with Gasteiger partial charge in [-0.25, -0.2) is 0 Å². The maximum absolute atomic E-state index is 9.53. The Balaban J connectivity index is -0.0000000245. The predicted molar refractivity (Wildman–Crippen MR) is 90.8 cm³/mol. The zero-order chi connectivity index (χ0) is 21.5. The van der Waals surface area contributed by atoms with Crippen LogP contribution in [0.2, 0.25) is 0 Å². The first kappa shape index (κ1) is 51.5. The first-order valence-corrected chi connectivity index (χ1v) is 8.34. The Bertz CT molecular complexity index is 105. The molecule has 0 aromatic rings. The summed E-state index contributed by atoms with van der Waals surface area (Å²) in [6.45, 7) is 19.3. The van der Waals surface area contributed by atoms with Crippen LogP contribution in [0.1, 0.15) is 83.1 Å². The molecular weight excluding hydrogens is 616 g/mol. The quantitative estimate of drug-likeness (QED) is 0.312. The van der Waals surface area contributed by atoms with Crippen LogP contribution in [-0.4, -0.2) is 36.6 Å². The Hall–Kier alpha value is 2.93. The molecule has 0 aliphatic carbocycles. The number of hydrogen-bond donors (Lipinski definition) is 0. The van der Waals surface area contributed by atoms with Crippen molar-refractivity contribution in [2.75, 3.05) is 0 Å². The molecule has 0 aliphatic rings. The molecule has 0 aromatic carbocycles. The second-order valence-corrected chi connectivity index (χ2v) is 6.29. The Kier molecular flexibility index (Phi) is 91.6. The molecule has 164 valence electrons. The van der Waals surface area contributed by atoms with E-state index < -0.39 is 36.6 Å². The van der Waals surface area contributed by atoms with E-state index in [4.69, 9.17) is 0 Å². The third kappa shape index (κ3) is 2110. The normalized spacial score (nSPS) is 8.31. The fraction of sp³-hybridized carbons (Fsp3) is 1.00. The standard InChI is InChI=1S/6C3H7O.2Eu/c6*1-3(2)4;;/h6*3H,1-2H3;;/q6*-1;2*+3. The second kappa shape index (κ2) is 46.2. The first-order valence-electron chi connectivity index (χ1n) is 8.34. The maximum atomic E-state index is 9.53. The minimum Gasteiger partial charge on any atom is -0.852 e. The third-order valence-corrected chi connectivity index (χ3v) is 0. The van der Waals surface area contributed by atoms with E-state index >= 15 is 0 Å². The molecule has 0 spiro atoms. The van der Waals surface area contributed by atoms with Gasteiger partial charge in [-0.2, -0.15) is 0 Å². The molecule has 0 saturated heterocycles. The molecule has 0 rings (SSSR count). The van der Waals surface area contributed by atoms with Crippen molar-refractivity contribution in [3.63, 3.8) is 0 Å². The van der Waals surface area contributed by atoms with Crippen molar-refractivity contribution in [3.05, 3.63) is 0 Å². The van der Waals surface area contributed by atoms with Crippen LogP contribution in [-0.2, 0) is 0 Å². The number of rotatable bonds is 0. The van der Waals surface area contributed by atoms with Crippen molar-refractivity contribution in [1.82, 2.24) is 0 Å². The fourth-order valence-electron chi connectivity index (χ4n) is 0. The van der Waals surface area contributed by atoms with Crippen molar-refractivity contribution in [2.45, 2.75) is 120 Å². The molecule has 0 aliphatic heterocycles. The van der Waals surface area contributed by atoms with Gasteiger partial charge in [0, 0.05) is 0 Å². The van der Waals surface area contributed by atoms with E-state index in [1.165, 1.54) is 0 Å². The molecule has 0 bridgehead atoms.